The molecule has 0 aliphatic carbocycles. The summed E-state index contributed by atoms with van der Waals surface area (Å²) in [5, 5.41) is 0. The van der Waals surface area contributed by atoms with Gasteiger partial charge >= 0.3 is 0 Å². The maximum atomic E-state index is 5.78. The van der Waals surface area contributed by atoms with Gasteiger partial charge in [0.05, 0.1) is 12.6 Å². The van der Waals surface area contributed by atoms with Crippen molar-refractivity contribution in [1.82, 2.24) is 9.97 Å². The summed E-state index contributed by atoms with van der Waals surface area (Å²) in [6.45, 7) is 5.01. The smallest absolute Gasteiger partial charge is 0.147 e. The van der Waals surface area contributed by atoms with E-state index in [0.29, 0.717) is 19.0 Å². The third kappa shape index (κ3) is 3.08. The fraction of sp³-hybridized carbons (Fsp3) is 0.556. The highest BCUT2D eigenvalue weighted by atomic mass is 16.5. The molecule has 13 heavy (non-hydrogen) atoms. The van der Waals surface area contributed by atoms with E-state index in [0.717, 1.165) is 5.56 Å². The molecule has 2 N–H and O–H groups in total. The van der Waals surface area contributed by atoms with Crippen molar-refractivity contribution in [2.45, 2.75) is 19.9 Å². The summed E-state index contributed by atoms with van der Waals surface area (Å²) in [7, 11) is 0. The maximum absolute atomic E-state index is 5.78. The molecule has 0 amide bonds. The Morgan fingerprint density at radius 2 is 2.08 bits per heavy atom. The van der Waals surface area contributed by atoms with Crippen molar-refractivity contribution in [1.29, 1.82) is 0 Å². The summed E-state index contributed by atoms with van der Waals surface area (Å²) in [4.78, 5) is 8.23. The Labute approximate surface area is 78.1 Å². The van der Waals surface area contributed by atoms with Crippen molar-refractivity contribution in [2.24, 2.45) is 5.73 Å². The van der Waals surface area contributed by atoms with Crippen LogP contribution >= 0.6 is 0 Å². The number of nitrogens with two attached hydrogens (primary N) is 1. The van der Waals surface area contributed by atoms with Gasteiger partial charge in [0.15, 0.2) is 0 Å². The quantitative estimate of drug-likeness (QED) is 0.747. The van der Waals surface area contributed by atoms with E-state index in [1.54, 1.807) is 12.4 Å². The summed E-state index contributed by atoms with van der Waals surface area (Å²) in [6.07, 6.45) is 3.52. The van der Waals surface area contributed by atoms with E-state index in [-0.39, 0.29) is 6.04 Å². The molecule has 0 saturated heterocycles. The molecule has 1 aromatic heterocycles. The molecule has 0 spiro atoms. The molecule has 1 heterocycles. The Morgan fingerprint density at radius 1 is 1.46 bits per heavy atom. The molecule has 0 aliphatic heterocycles. The third-order valence-corrected chi connectivity index (χ3v) is 1.63. The number of hydrogen-bond donors (Lipinski definition) is 1. The van der Waals surface area contributed by atoms with Gasteiger partial charge in [0.1, 0.15) is 5.82 Å². The van der Waals surface area contributed by atoms with E-state index in [4.69, 9.17) is 10.5 Å². The van der Waals surface area contributed by atoms with Crippen LogP contribution < -0.4 is 5.73 Å². The molecule has 0 radical (unpaired) electrons. The largest absolute Gasteiger partial charge is 0.380 e. The summed E-state index contributed by atoms with van der Waals surface area (Å²) in [5.74, 6) is 0.638. The summed E-state index contributed by atoms with van der Waals surface area (Å²) >= 11 is 0. The Hall–Kier alpha value is -1.00. The van der Waals surface area contributed by atoms with E-state index in [2.05, 4.69) is 9.97 Å². The zero-order chi connectivity index (χ0) is 9.68. The predicted octanol–water partition coefficient (Wildman–Crippen LogP) is 0.821. The minimum Gasteiger partial charge on any atom is -0.380 e. The molecule has 1 aromatic rings. The molecule has 0 aliphatic rings. The molecular formula is C9H15N3O. The van der Waals surface area contributed by atoms with Gasteiger partial charge in [-0.1, -0.05) is 0 Å². The van der Waals surface area contributed by atoms with Crippen molar-refractivity contribution in [3.05, 3.63) is 23.8 Å². The minimum atomic E-state index is -0.222. The zero-order valence-corrected chi connectivity index (χ0v) is 8.03. The van der Waals surface area contributed by atoms with Crippen molar-refractivity contribution in [3.8, 4) is 0 Å². The molecule has 1 rings (SSSR count). The fourth-order valence-corrected chi connectivity index (χ4v) is 0.913. The third-order valence-electron chi connectivity index (χ3n) is 1.63. The number of nitrogens with zero attached hydrogens (tertiary/aromatic N) is 2. The van der Waals surface area contributed by atoms with Crippen LogP contribution in [0, 0.1) is 6.92 Å². The van der Waals surface area contributed by atoms with Gasteiger partial charge in [0, 0.05) is 19.0 Å². The lowest BCUT2D eigenvalue weighted by Crippen LogP contribution is -2.19. The fourth-order valence-electron chi connectivity index (χ4n) is 0.913. The molecule has 72 valence electrons. The first kappa shape index (κ1) is 10.1. The summed E-state index contributed by atoms with van der Waals surface area (Å²) in [5.41, 5.74) is 6.82. The van der Waals surface area contributed by atoms with Gasteiger partial charge in [-0.15, -0.1) is 0 Å². The summed E-state index contributed by atoms with van der Waals surface area (Å²) < 4.78 is 5.17. The number of aryl methyl sites for hydroxylation is 1. The van der Waals surface area contributed by atoms with Crippen LogP contribution in [0.1, 0.15) is 24.4 Å². The monoisotopic (exact) mass is 181 g/mol. The van der Waals surface area contributed by atoms with Gasteiger partial charge < -0.3 is 10.5 Å². The molecule has 4 nitrogen and oxygen atoms in total. The number of ether oxygens (including phenoxy) is 1. The highest BCUT2D eigenvalue weighted by Gasteiger charge is 2.07. The Bertz CT molecular complexity index is 248. The lowest BCUT2D eigenvalue weighted by atomic mass is 10.3. The molecule has 0 fully saturated rings. The van der Waals surface area contributed by atoms with Crippen LogP contribution in [-0.2, 0) is 4.74 Å². The zero-order valence-electron chi connectivity index (χ0n) is 8.03. The minimum absolute atomic E-state index is 0.222. The predicted molar refractivity (Wildman–Crippen MR) is 50.2 cm³/mol. The van der Waals surface area contributed by atoms with Crippen LogP contribution in [0.4, 0.5) is 0 Å². The molecule has 1 unspecified atom stereocenters. The average Bonchev–Trinajstić information content (AvgIpc) is 2.15. The topological polar surface area (TPSA) is 61.0 Å². The first-order chi connectivity index (χ1) is 6.24. The standard InChI is InChI=1S/C9H15N3O/c1-3-13-6-8(10)9-11-4-7(2)5-12-9/h4-5,8H,3,6,10H2,1-2H3. The number of aromatic nitrogens is 2. The van der Waals surface area contributed by atoms with Crippen LogP contribution in [0.15, 0.2) is 12.4 Å². The van der Waals surface area contributed by atoms with Crippen LogP contribution in [0.5, 0.6) is 0 Å². The van der Waals surface area contributed by atoms with Gasteiger partial charge in [0.2, 0.25) is 0 Å². The van der Waals surface area contributed by atoms with Gasteiger partial charge in [-0.3, -0.25) is 0 Å². The van der Waals surface area contributed by atoms with Crippen molar-refractivity contribution < 1.29 is 4.74 Å². The first-order valence-corrected chi connectivity index (χ1v) is 4.36. The maximum Gasteiger partial charge on any atom is 0.147 e. The van der Waals surface area contributed by atoms with Crippen LogP contribution in [0.25, 0.3) is 0 Å². The highest BCUT2D eigenvalue weighted by Crippen LogP contribution is 2.03. The van der Waals surface area contributed by atoms with Crippen LogP contribution in [0.2, 0.25) is 0 Å². The second kappa shape index (κ2) is 4.89. The van der Waals surface area contributed by atoms with E-state index in [9.17, 15) is 0 Å². The lowest BCUT2D eigenvalue weighted by Gasteiger charge is -2.09. The van der Waals surface area contributed by atoms with E-state index < -0.39 is 0 Å². The van der Waals surface area contributed by atoms with Crippen LogP contribution in [0.3, 0.4) is 0 Å². The number of rotatable bonds is 4. The molecular weight excluding hydrogens is 166 g/mol. The average molecular weight is 181 g/mol. The SMILES string of the molecule is CCOCC(N)c1ncc(C)cn1. The molecule has 0 saturated carbocycles. The highest BCUT2D eigenvalue weighted by molar-refractivity contribution is 5.04. The molecule has 4 heteroatoms. The lowest BCUT2D eigenvalue weighted by molar-refractivity contribution is 0.131. The van der Waals surface area contributed by atoms with Gasteiger partial charge in [0.25, 0.3) is 0 Å². The normalized spacial score (nSPS) is 12.8. The van der Waals surface area contributed by atoms with Crippen molar-refractivity contribution in [3.63, 3.8) is 0 Å². The molecule has 0 aromatic carbocycles. The first-order valence-electron chi connectivity index (χ1n) is 4.36. The second-order valence-corrected chi connectivity index (χ2v) is 2.88. The van der Waals surface area contributed by atoms with Gasteiger partial charge in [-0.2, -0.15) is 0 Å². The Morgan fingerprint density at radius 3 is 2.62 bits per heavy atom. The van der Waals surface area contributed by atoms with E-state index in [1.165, 1.54) is 0 Å². The Balaban J connectivity index is 2.55. The summed E-state index contributed by atoms with van der Waals surface area (Å²) in [6, 6.07) is -0.222. The molecule has 1 atom stereocenters. The van der Waals surface area contributed by atoms with Gasteiger partial charge in [-0.25, -0.2) is 9.97 Å². The Kier molecular flexibility index (Phi) is 3.79. The number of hydrogen-bond acceptors (Lipinski definition) is 4. The van der Waals surface area contributed by atoms with Crippen molar-refractivity contribution >= 4 is 0 Å². The van der Waals surface area contributed by atoms with E-state index >= 15 is 0 Å². The second-order valence-electron chi connectivity index (χ2n) is 2.88. The van der Waals surface area contributed by atoms with Gasteiger partial charge in [-0.05, 0) is 19.4 Å². The molecule has 0 bridgehead atoms. The van der Waals surface area contributed by atoms with Crippen LogP contribution in [-0.4, -0.2) is 23.2 Å². The van der Waals surface area contributed by atoms with E-state index in [1.807, 2.05) is 13.8 Å². The van der Waals surface area contributed by atoms with Crippen molar-refractivity contribution in [2.75, 3.05) is 13.2 Å².